The quantitative estimate of drug-likeness (QED) is 0.156. The molecule has 0 aliphatic rings. The van der Waals surface area contributed by atoms with E-state index in [2.05, 4.69) is 64.1 Å². The normalized spacial score (nSPS) is 11.8. The van der Waals surface area contributed by atoms with E-state index in [9.17, 15) is 4.79 Å². The van der Waals surface area contributed by atoms with Gasteiger partial charge in [0.1, 0.15) is 0 Å². The van der Waals surface area contributed by atoms with Gasteiger partial charge in [0.05, 0.1) is 26.2 Å². The highest BCUT2D eigenvalue weighted by molar-refractivity contribution is 5.70. The summed E-state index contributed by atoms with van der Waals surface area (Å²) >= 11 is 0. The van der Waals surface area contributed by atoms with Crippen molar-refractivity contribution in [1.82, 2.24) is 0 Å². The molecule has 0 aromatic heterocycles. The van der Waals surface area contributed by atoms with Gasteiger partial charge in [0.25, 0.3) is 0 Å². The molecule has 0 amide bonds. The average Bonchev–Trinajstić information content (AvgIpc) is 2.76. The summed E-state index contributed by atoms with van der Waals surface area (Å²) in [6.07, 6.45) is 13.4. The van der Waals surface area contributed by atoms with Crippen LogP contribution in [0.3, 0.4) is 0 Å². The first kappa shape index (κ1) is 29.7. The molecule has 0 atom stereocenters. The second-order valence-corrected chi connectivity index (χ2v) is 8.72. The fourth-order valence-corrected chi connectivity index (χ4v) is 3.85. The van der Waals surface area contributed by atoms with Crippen LogP contribution >= 0.6 is 0 Å². The maximum atomic E-state index is 12.5. The van der Waals surface area contributed by atoms with Crippen molar-refractivity contribution in [2.45, 2.75) is 85.5 Å². The first-order chi connectivity index (χ1) is 14.5. The van der Waals surface area contributed by atoms with Crippen molar-refractivity contribution in [3.8, 4) is 0 Å². The first-order valence-corrected chi connectivity index (χ1v) is 12.3. The lowest BCUT2D eigenvalue weighted by atomic mass is 10.1. The number of hydrogen-bond donors (Lipinski definition) is 0. The van der Waals surface area contributed by atoms with E-state index < -0.39 is 0 Å². The topological polar surface area (TPSA) is 26.3 Å². The van der Waals surface area contributed by atoms with Crippen molar-refractivity contribution in [1.29, 1.82) is 0 Å². The SMILES string of the molecule is CCCCCCCCCCOC(=O)C[N+](CC)(CC)C/C=C(/C)Cc1ccccc1.[Cl-]. The molecule has 178 valence electrons. The Morgan fingerprint density at radius 1 is 0.903 bits per heavy atom. The summed E-state index contributed by atoms with van der Waals surface area (Å²) in [6, 6.07) is 10.6. The van der Waals surface area contributed by atoms with Gasteiger partial charge in [-0.3, -0.25) is 0 Å². The van der Waals surface area contributed by atoms with Gasteiger partial charge in [-0.05, 0) is 45.3 Å². The summed E-state index contributed by atoms with van der Waals surface area (Å²) in [6.45, 7) is 12.6. The minimum Gasteiger partial charge on any atom is -1.00 e. The number of nitrogens with zero attached hydrogens (tertiary/aromatic N) is 1. The molecule has 4 heteroatoms. The van der Waals surface area contributed by atoms with E-state index in [1.807, 2.05) is 0 Å². The lowest BCUT2D eigenvalue weighted by molar-refractivity contribution is -0.912. The van der Waals surface area contributed by atoms with E-state index in [0.717, 1.165) is 37.0 Å². The lowest BCUT2D eigenvalue weighted by Gasteiger charge is -2.35. The second kappa shape index (κ2) is 18.3. The van der Waals surface area contributed by atoms with Crippen molar-refractivity contribution in [3.63, 3.8) is 0 Å². The Labute approximate surface area is 198 Å². The number of likely N-dealkylation sites (N-methyl/N-ethyl adjacent to an activating group) is 1. The van der Waals surface area contributed by atoms with Crippen LogP contribution in [0.25, 0.3) is 0 Å². The van der Waals surface area contributed by atoms with Crippen molar-refractivity contribution in [2.24, 2.45) is 0 Å². The minimum absolute atomic E-state index is 0. The Balaban J connectivity index is 0.00000900. The van der Waals surface area contributed by atoms with E-state index >= 15 is 0 Å². The summed E-state index contributed by atoms with van der Waals surface area (Å²) in [7, 11) is 0. The first-order valence-electron chi connectivity index (χ1n) is 12.3. The summed E-state index contributed by atoms with van der Waals surface area (Å²) in [5, 5.41) is 0. The molecule has 0 heterocycles. The van der Waals surface area contributed by atoms with Crippen molar-refractivity contribution in [3.05, 3.63) is 47.5 Å². The maximum absolute atomic E-state index is 12.5. The maximum Gasteiger partial charge on any atom is 0.361 e. The summed E-state index contributed by atoms with van der Waals surface area (Å²) < 4.78 is 6.34. The molecule has 0 fully saturated rings. The molecular weight excluding hydrogens is 406 g/mol. The van der Waals surface area contributed by atoms with Crippen LogP contribution in [0.5, 0.6) is 0 Å². The van der Waals surface area contributed by atoms with Crippen LogP contribution in [0.15, 0.2) is 42.0 Å². The third-order valence-electron chi connectivity index (χ3n) is 6.22. The molecule has 1 aromatic carbocycles. The van der Waals surface area contributed by atoms with Gasteiger partial charge in [0.2, 0.25) is 0 Å². The molecule has 0 aliphatic heterocycles. The standard InChI is InChI=1S/C27H46NO2.ClH/c1-5-8-9-10-11-12-13-17-22-30-27(29)24-28(6-2,7-3)21-20-25(4)23-26-18-15-14-16-19-26;/h14-16,18-20H,5-13,17,21-24H2,1-4H3;1H/q+1;/p-1/b25-20-;. The van der Waals surface area contributed by atoms with Crippen molar-refractivity contribution >= 4 is 5.97 Å². The molecule has 0 saturated heterocycles. The van der Waals surface area contributed by atoms with E-state index in [1.165, 1.54) is 56.1 Å². The van der Waals surface area contributed by atoms with Gasteiger partial charge >= 0.3 is 5.97 Å². The van der Waals surface area contributed by atoms with Crippen LogP contribution in [0.2, 0.25) is 0 Å². The number of carbonyl (C=O) groups excluding carboxylic acids is 1. The number of quaternary nitrogens is 1. The van der Waals surface area contributed by atoms with Crippen LogP contribution in [-0.2, 0) is 16.0 Å². The van der Waals surface area contributed by atoms with Crippen molar-refractivity contribution in [2.75, 3.05) is 32.8 Å². The lowest BCUT2D eigenvalue weighted by Crippen LogP contribution is -3.00. The number of carbonyl (C=O) groups is 1. The van der Waals surface area contributed by atoms with Crippen LogP contribution in [0, 0.1) is 0 Å². The summed E-state index contributed by atoms with van der Waals surface area (Å²) in [5.41, 5.74) is 2.69. The Morgan fingerprint density at radius 3 is 2.06 bits per heavy atom. The fourth-order valence-electron chi connectivity index (χ4n) is 3.85. The molecule has 0 unspecified atom stereocenters. The smallest absolute Gasteiger partial charge is 0.361 e. The van der Waals surface area contributed by atoms with Gasteiger partial charge < -0.3 is 21.6 Å². The Hall–Kier alpha value is -1.32. The van der Waals surface area contributed by atoms with Gasteiger partial charge in [-0.1, -0.05) is 87.8 Å². The highest BCUT2D eigenvalue weighted by atomic mass is 35.5. The number of ether oxygens (including phenoxy) is 1. The molecule has 0 bridgehead atoms. The average molecular weight is 452 g/mol. The molecular formula is C27H46ClNO2. The number of benzene rings is 1. The molecule has 1 rings (SSSR count). The van der Waals surface area contributed by atoms with Gasteiger partial charge in [-0.25, -0.2) is 4.79 Å². The highest BCUT2D eigenvalue weighted by Crippen LogP contribution is 2.13. The highest BCUT2D eigenvalue weighted by Gasteiger charge is 2.26. The molecule has 0 saturated carbocycles. The van der Waals surface area contributed by atoms with Gasteiger partial charge in [0.15, 0.2) is 6.54 Å². The van der Waals surface area contributed by atoms with E-state index in [1.54, 1.807) is 0 Å². The molecule has 31 heavy (non-hydrogen) atoms. The minimum atomic E-state index is -0.0456. The van der Waals surface area contributed by atoms with Crippen LogP contribution in [0.4, 0.5) is 0 Å². The Morgan fingerprint density at radius 2 is 1.48 bits per heavy atom. The van der Waals surface area contributed by atoms with Gasteiger partial charge in [-0.2, -0.15) is 0 Å². The van der Waals surface area contributed by atoms with Gasteiger partial charge in [0, 0.05) is 0 Å². The van der Waals surface area contributed by atoms with Crippen LogP contribution in [-0.4, -0.2) is 43.2 Å². The number of hydrogen-bond acceptors (Lipinski definition) is 2. The third kappa shape index (κ3) is 13.6. The Bertz CT molecular complexity index is 597. The zero-order chi connectivity index (χ0) is 22.1. The number of esters is 1. The molecule has 3 nitrogen and oxygen atoms in total. The zero-order valence-electron chi connectivity index (χ0n) is 20.5. The van der Waals surface area contributed by atoms with E-state index in [-0.39, 0.29) is 18.4 Å². The predicted molar refractivity (Wildman–Crippen MR) is 129 cm³/mol. The van der Waals surface area contributed by atoms with E-state index in [4.69, 9.17) is 4.74 Å². The fraction of sp³-hybridized carbons (Fsp3) is 0.667. The number of rotatable bonds is 17. The molecule has 0 N–H and O–H groups in total. The van der Waals surface area contributed by atoms with Crippen molar-refractivity contribution < 1.29 is 26.4 Å². The van der Waals surface area contributed by atoms with Gasteiger partial charge in [-0.15, -0.1) is 0 Å². The third-order valence-corrected chi connectivity index (χ3v) is 6.22. The molecule has 0 radical (unpaired) electrons. The largest absolute Gasteiger partial charge is 1.00 e. The molecule has 0 spiro atoms. The predicted octanol–water partition coefficient (Wildman–Crippen LogP) is 3.72. The molecule has 0 aliphatic carbocycles. The monoisotopic (exact) mass is 451 g/mol. The summed E-state index contributed by atoms with van der Waals surface area (Å²) in [4.78, 5) is 12.5. The number of unbranched alkanes of at least 4 members (excludes halogenated alkanes) is 7. The van der Waals surface area contributed by atoms with Crippen LogP contribution < -0.4 is 12.4 Å². The molecule has 1 aromatic rings. The number of allylic oxidation sites excluding steroid dienone is 1. The number of halogens is 1. The second-order valence-electron chi connectivity index (χ2n) is 8.72. The van der Waals surface area contributed by atoms with E-state index in [0.29, 0.717) is 13.2 Å². The summed E-state index contributed by atoms with van der Waals surface area (Å²) in [5.74, 6) is -0.0456. The Kier molecular flexibility index (Phi) is 17.5. The zero-order valence-corrected chi connectivity index (χ0v) is 21.3. The van der Waals surface area contributed by atoms with Crippen LogP contribution in [0.1, 0.15) is 84.6 Å².